The van der Waals surface area contributed by atoms with Crippen LogP contribution in [-0.4, -0.2) is 32.4 Å². The highest BCUT2D eigenvalue weighted by atomic mass is 32.2. The molecule has 5 nitrogen and oxygen atoms in total. The quantitative estimate of drug-likeness (QED) is 0.880. The van der Waals surface area contributed by atoms with Crippen LogP contribution in [0, 0.1) is 0 Å². The minimum Gasteiger partial charge on any atom is -0.494 e. The van der Waals surface area contributed by atoms with Crippen LogP contribution < -0.4 is 10.1 Å². The lowest BCUT2D eigenvalue weighted by Gasteiger charge is -2.11. The fraction of sp³-hybridized carbons (Fsp3) is 0.417. The molecule has 1 rings (SSSR count). The van der Waals surface area contributed by atoms with Crippen molar-refractivity contribution in [3.05, 3.63) is 24.3 Å². The maximum atomic E-state index is 11.6. The second kappa shape index (κ2) is 5.86. The van der Waals surface area contributed by atoms with Gasteiger partial charge < -0.3 is 10.1 Å². The van der Waals surface area contributed by atoms with E-state index in [0.29, 0.717) is 18.0 Å². The van der Waals surface area contributed by atoms with E-state index in [0.717, 1.165) is 6.26 Å². The van der Waals surface area contributed by atoms with Crippen LogP contribution in [0.3, 0.4) is 0 Å². The Bertz CT molecular complexity index is 507. The Morgan fingerprint density at radius 2 is 1.89 bits per heavy atom. The molecular formula is C12H17NO4S. The molecule has 0 saturated carbocycles. The molecule has 1 amide bonds. The van der Waals surface area contributed by atoms with Crippen molar-refractivity contribution in [2.75, 3.05) is 18.2 Å². The van der Waals surface area contributed by atoms with Gasteiger partial charge in [-0.3, -0.25) is 4.79 Å². The van der Waals surface area contributed by atoms with Crippen molar-refractivity contribution in [2.24, 2.45) is 0 Å². The van der Waals surface area contributed by atoms with Gasteiger partial charge in [-0.05, 0) is 38.1 Å². The van der Waals surface area contributed by atoms with Crippen LogP contribution in [0.2, 0.25) is 0 Å². The Labute approximate surface area is 107 Å². The van der Waals surface area contributed by atoms with Crippen molar-refractivity contribution >= 4 is 21.4 Å². The first-order valence-electron chi connectivity index (χ1n) is 5.57. The third kappa shape index (κ3) is 4.03. The third-order valence-corrected chi connectivity index (χ3v) is 3.94. The first-order chi connectivity index (χ1) is 8.34. The van der Waals surface area contributed by atoms with E-state index in [1.54, 1.807) is 24.3 Å². The summed E-state index contributed by atoms with van der Waals surface area (Å²) in [5, 5.41) is 1.48. The number of hydrogen-bond donors (Lipinski definition) is 1. The number of carbonyl (C=O) groups excluding carboxylic acids is 1. The summed E-state index contributed by atoms with van der Waals surface area (Å²) in [6.07, 6.45) is 1.04. The van der Waals surface area contributed by atoms with E-state index >= 15 is 0 Å². The summed E-state index contributed by atoms with van der Waals surface area (Å²) in [6.45, 7) is 3.81. The Hall–Kier alpha value is -1.56. The molecule has 1 N–H and O–H groups in total. The van der Waals surface area contributed by atoms with E-state index in [1.165, 1.54) is 6.92 Å². The number of amides is 1. The van der Waals surface area contributed by atoms with E-state index < -0.39 is 21.0 Å². The molecule has 1 aromatic rings. The molecule has 0 fully saturated rings. The molecule has 0 aliphatic carbocycles. The lowest BCUT2D eigenvalue weighted by Crippen LogP contribution is -2.31. The van der Waals surface area contributed by atoms with Crippen LogP contribution in [0.1, 0.15) is 13.8 Å². The van der Waals surface area contributed by atoms with Crippen LogP contribution >= 0.6 is 0 Å². The van der Waals surface area contributed by atoms with Gasteiger partial charge in [-0.15, -0.1) is 0 Å². The second-order valence-electron chi connectivity index (χ2n) is 3.92. The van der Waals surface area contributed by atoms with E-state index in [1.807, 2.05) is 6.92 Å². The molecule has 1 atom stereocenters. The lowest BCUT2D eigenvalue weighted by molar-refractivity contribution is -0.115. The maximum absolute atomic E-state index is 11.6. The number of benzene rings is 1. The average molecular weight is 271 g/mol. The fourth-order valence-electron chi connectivity index (χ4n) is 1.24. The molecule has 18 heavy (non-hydrogen) atoms. The summed E-state index contributed by atoms with van der Waals surface area (Å²) in [4.78, 5) is 11.6. The highest BCUT2D eigenvalue weighted by Gasteiger charge is 2.23. The fourth-order valence-corrected chi connectivity index (χ4v) is 1.69. The molecule has 0 radical (unpaired) electrons. The predicted molar refractivity (Wildman–Crippen MR) is 70.5 cm³/mol. The van der Waals surface area contributed by atoms with Gasteiger partial charge in [-0.25, -0.2) is 8.42 Å². The van der Waals surface area contributed by atoms with Gasteiger partial charge in [0, 0.05) is 11.9 Å². The molecule has 0 heterocycles. The Morgan fingerprint density at radius 1 is 1.33 bits per heavy atom. The summed E-state index contributed by atoms with van der Waals surface area (Å²) >= 11 is 0. The maximum Gasteiger partial charge on any atom is 0.242 e. The van der Waals surface area contributed by atoms with Crippen LogP contribution in [-0.2, 0) is 14.6 Å². The van der Waals surface area contributed by atoms with Gasteiger partial charge in [0.05, 0.1) is 6.61 Å². The zero-order valence-electron chi connectivity index (χ0n) is 10.6. The SMILES string of the molecule is CCOc1ccc(NC(=O)C(C)S(C)(=O)=O)cc1. The van der Waals surface area contributed by atoms with Crippen molar-refractivity contribution in [2.45, 2.75) is 19.1 Å². The molecule has 0 spiro atoms. The summed E-state index contributed by atoms with van der Waals surface area (Å²) in [7, 11) is -3.38. The molecule has 100 valence electrons. The van der Waals surface area contributed by atoms with Crippen LogP contribution in [0.4, 0.5) is 5.69 Å². The van der Waals surface area contributed by atoms with Crippen LogP contribution in [0.5, 0.6) is 5.75 Å². The zero-order valence-corrected chi connectivity index (χ0v) is 11.5. The van der Waals surface area contributed by atoms with Gasteiger partial charge in [0.2, 0.25) is 5.91 Å². The van der Waals surface area contributed by atoms with E-state index in [2.05, 4.69) is 5.32 Å². The van der Waals surface area contributed by atoms with Gasteiger partial charge in [-0.1, -0.05) is 0 Å². The van der Waals surface area contributed by atoms with Gasteiger partial charge in [0.15, 0.2) is 9.84 Å². The Morgan fingerprint density at radius 3 is 2.33 bits per heavy atom. The first-order valence-corrected chi connectivity index (χ1v) is 7.52. The average Bonchev–Trinajstić information content (AvgIpc) is 2.30. The summed E-state index contributed by atoms with van der Waals surface area (Å²) in [6, 6.07) is 6.75. The van der Waals surface area contributed by atoms with Gasteiger partial charge in [-0.2, -0.15) is 0 Å². The topological polar surface area (TPSA) is 72.5 Å². The number of anilines is 1. The lowest BCUT2D eigenvalue weighted by atomic mass is 10.3. The molecule has 6 heteroatoms. The Balaban J connectivity index is 2.71. The van der Waals surface area contributed by atoms with Crippen LogP contribution in [0.15, 0.2) is 24.3 Å². The molecule has 0 saturated heterocycles. The highest BCUT2D eigenvalue weighted by molar-refractivity contribution is 7.92. The van der Waals surface area contributed by atoms with Gasteiger partial charge >= 0.3 is 0 Å². The number of carbonyl (C=O) groups is 1. The minimum absolute atomic E-state index is 0.540. The monoisotopic (exact) mass is 271 g/mol. The normalized spacial score (nSPS) is 12.8. The van der Waals surface area contributed by atoms with E-state index in [4.69, 9.17) is 4.74 Å². The van der Waals surface area contributed by atoms with Crippen molar-refractivity contribution in [1.82, 2.24) is 0 Å². The highest BCUT2D eigenvalue weighted by Crippen LogP contribution is 2.16. The third-order valence-electron chi connectivity index (χ3n) is 2.44. The second-order valence-corrected chi connectivity index (χ2v) is 6.28. The predicted octanol–water partition coefficient (Wildman–Crippen LogP) is 1.46. The zero-order chi connectivity index (χ0) is 13.8. The number of ether oxygens (including phenoxy) is 1. The van der Waals surface area contributed by atoms with Gasteiger partial charge in [0.1, 0.15) is 11.0 Å². The molecule has 0 aliphatic heterocycles. The first kappa shape index (κ1) is 14.5. The van der Waals surface area contributed by atoms with Gasteiger partial charge in [0.25, 0.3) is 0 Å². The van der Waals surface area contributed by atoms with Crippen molar-refractivity contribution in [3.63, 3.8) is 0 Å². The number of sulfone groups is 1. The summed E-state index contributed by atoms with van der Waals surface area (Å²) in [5.74, 6) is 0.160. The molecular weight excluding hydrogens is 254 g/mol. The standard InChI is InChI=1S/C12H17NO4S/c1-4-17-11-7-5-10(6-8-11)13-12(14)9(2)18(3,15)16/h5-9H,4H2,1-3H3,(H,13,14). The molecule has 1 unspecified atom stereocenters. The number of nitrogens with one attached hydrogen (secondary N) is 1. The molecule has 1 aromatic carbocycles. The molecule has 0 bridgehead atoms. The molecule has 0 aliphatic rings. The van der Waals surface area contributed by atoms with E-state index in [9.17, 15) is 13.2 Å². The smallest absolute Gasteiger partial charge is 0.242 e. The largest absolute Gasteiger partial charge is 0.494 e. The summed E-state index contributed by atoms with van der Waals surface area (Å²) < 4.78 is 27.7. The van der Waals surface area contributed by atoms with E-state index in [-0.39, 0.29) is 0 Å². The number of rotatable bonds is 5. The summed E-state index contributed by atoms with van der Waals surface area (Å²) in [5.41, 5.74) is 0.541. The number of hydrogen-bond acceptors (Lipinski definition) is 4. The van der Waals surface area contributed by atoms with Crippen molar-refractivity contribution < 1.29 is 17.9 Å². The van der Waals surface area contributed by atoms with Crippen LogP contribution in [0.25, 0.3) is 0 Å². The van der Waals surface area contributed by atoms with Crippen molar-refractivity contribution in [3.8, 4) is 5.75 Å². The molecule has 0 aromatic heterocycles. The Kier molecular flexibility index (Phi) is 4.72. The van der Waals surface area contributed by atoms with Crippen molar-refractivity contribution in [1.29, 1.82) is 0 Å². The minimum atomic E-state index is -3.38.